The molecule has 6 heteroatoms. The van der Waals surface area contributed by atoms with Gasteiger partial charge >= 0.3 is 0 Å². The molecule has 3 rings (SSSR count). The zero-order valence-corrected chi connectivity index (χ0v) is 13.7. The molecule has 0 aliphatic heterocycles. The van der Waals surface area contributed by atoms with Gasteiger partial charge in [0.05, 0.1) is 35.4 Å². The molecular weight excluding hydrogens is 314 g/mol. The van der Waals surface area contributed by atoms with Crippen LogP contribution in [-0.4, -0.2) is 21.7 Å². The van der Waals surface area contributed by atoms with Gasteiger partial charge in [0.15, 0.2) is 0 Å². The number of benzene rings is 2. The van der Waals surface area contributed by atoms with Gasteiger partial charge in [0.2, 0.25) is 5.91 Å². The van der Waals surface area contributed by atoms with Gasteiger partial charge in [-0.2, -0.15) is 10.4 Å². The highest BCUT2D eigenvalue weighted by Crippen LogP contribution is 2.14. The minimum Gasteiger partial charge on any atom is -0.371 e. The summed E-state index contributed by atoms with van der Waals surface area (Å²) in [5.74, 6) is -0.192. The van der Waals surface area contributed by atoms with Crippen LogP contribution in [0, 0.1) is 11.3 Å². The second-order valence-corrected chi connectivity index (χ2v) is 5.56. The van der Waals surface area contributed by atoms with E-state index in [-0.39, 0.29) is 5.91 Å². The third kappa shape index (κ3) is 4.03. The van der Waals surface area contributed by atoms with E-state index in [4.69, 9.17) is 5.26 Å². The predicted octanol–water partition coefficient (Wildman–Crippen LogP) is 3.18. The van der Waals surface area contributed by atoms with Gasteiger partial charge in [-0.1, -0.05) is 24.3 Å². The second kappa shape index (κ2) is 7.32. The SMILES string of the molecule is C[C@H](Nc1cnn(-c2ccccc2)c1)C(=O)Nc1cccc(C#N)c1. The van der Waals surface area contributed by atoms with Crippen molar-refractivity contribution in [2.24, 2.45) is 0 Å². The largest absolute Gasteiger partial charge is 0.371 e. The van der Waals surface area contributed by atoms with Crippen LogP contribution in [0.3, 0.4) is 0 Å². The summed E-state index contributed by atoms with van der Waals surface area (Å²) < 4.78 is 1.74. The van der Waals surface area contributed by atoms with Crippen molar-refractivity contribution in [3.63, 3.8) is 0 Å². The van der Waals surface area contributed by atoms with Crippen LogP contribution in [0.5, 0.6) is 0 Å². The molecule has 2 aromatic carbocycles. The quantitative estimate of drug-likeness (QED) is 0.752. The van der Waals surface area contributed by atoms with Gasteiger partial charge in [-0.15, -0.1) is 0 Å². The number of carbonyl (C=O) groups excluding carboxylic acids is 1. The Hall–Kier alpha value is -3.59. The van der Waals surface area contributed by atoms with Crippen LogP contribution < -0.4 is 10.6 Å². The molecule has 0 saturated heterocycles. The van der Waals surface area contributed by atoms with E-state index in [9.17, 15) is 4.79 Å². The van der Waals surface area contributed by atoms with Crippen LogP contribution in [0.2, 0.25) is 0 Å². The smallest absolute Gasteiger partial charge is 0.246 e. The van der Waals surface area contributed by atoms with E-state index < -0.39 is 6.04 Å². The lowest BCUT2D eigenvalue weighted by atomic mass is 10.2. The first-order valence-electron chi connectivity index (χ1n) is 7.83. The number of rotatable bonds is 5. The Morgan fingerprint density at radius 2 is 1.96 bits per heavy atom. The van der Waals surface area contributed by atoms with Crippen LogP contribution in [0.15, 0.2) is 67.0 Å². The molecule has 1 heterocycles. The molecular formula is C19H17N5O. The lowest BCUT2D eigenvalue weighted by molar-refractivity contribution is -0.116. The third-order valence-corrected chi connectivity index (χ3v) is 3.64. The fourth-order valence-corrected chi connectivity index (χ4v) is 2.35. The van der Waals surface area contributed by atoms with Crippen LogP contribution in [0.4, 0.5) is 11.4 Å². The zero-order chi connectivity index (χ0) is 17.6. The molecule has 1 amide bonds. The van der Waals surface area contributed by atoms with Crippen molar-refractivity contribution in [1.29, 1.82) is 5.26 Å². The fraction of sp³-hybridized carbons (Fsp3) is 0.105. The van der Waals surface area contributed by atoms with Gasteiger partial charge in [-0.05, 0) is 37.3 Å². The Balaban J connectivity index is 1.64. The summed E-state index contributed by atoms with van der Waals surface area (Å²) >= 11 is 0. The van der Waals surface area contributed by atoms with E-state index in [2.05, 4.69) is 21.8 Å². The number of para-hydroxylation sites is 1. The highest BCUT2D eigenvalue weighted by molar-refractivity contribution is 5.96. The molecule has 124 valence electrons. The van der Waals surface area contributed by atoms with Crippen molar-refractivity contribution in [2.75, 3.05) is 10.6 Å². The van der Waals surface area contributed by atoms with E-state index in [1.165, 1.54) is 0 Å². The summed E-state index contributed by atoms with van der Waals surface area (Å²) in [6.45, 7) is 1.77. The number of aromatic nitrogens is 2. The maximum absolute atomic E-state index is 12.3. The van der Waals surface area contributed by atoms with E-state index in [0.717, 1.165) is 11.4 Å². The lowest BCUT2D eigenvalue weighted by Crippen LogP contribution is -2.31. The Bertz CT molecular complexity index is 911. The number of hydrogen-bond donors (Lipinski definition) is 2. The van der Waals surface area contributed by atoms with E-state index in [0.29, 0.717) is 11.3 Å². The van der Waals surface area contributed by atoms with Crippen molar-refractivity contribution in [2.45, 2.75) is 13.0 Å². The number of nitrogens with zero attached hydrogens (tertiary/aromatic N) is 3. The summed E-state index contributed by atoms with van der Waals surface area (Å²) in [5.41, 5.74) is 2.79. The summed E-state index contributed by atoms with van der Waals surface area (Å²) in [7, 11) is 0. The Morgan fingerprint density at radius 1 is 1.16 bits per heavy atom. The van der Waals surface area contributed by atoms with E-state index in [1.807, 2.05) is 36.5 Å². The maximum atomic E-state index is 12.3. The van der Waals surface area contributed by atoms with E-state index >= 15 is 0 Å². The second-order valence-electron chi connectivity index (χ2n) is 5.56. The molecule has 0 aliphatic rings. The van der Waals surface area contributed by atoms with Crippen molar-refractivity contribution in [1.82, 2.24) is 9.78 Å². The van der Waals surface area contributed by atoms with Gasteiger partial charge in [-0.25, -0.2) is 4.68 Å². The summed E-state index contributed by atoms with van der Waals surface area (Å²) in [4.78, 5) is 12.3. The van der Waals surface area contributed by atoms with Gasteiger partial charge in [0.1, 0.15) is 6.04 Å². The molecule has 0 radical (unpaired) electrons. The Morgan fingerprint density at radius 3 is 2.72 bits per heavy atom. The van der Waals surface area contributed by atoms with E-state index in [1.54, 1.807) is 42.1 Å². The first-order valence-corrected chi connectivity index (χ1v) is 7.83. The molecule has 0 unspecified atom stereocenters. The highest BCUT2D eigenvalue weighted by Gasteiger charge is 2.14. The van der Waals surface area contributed by atoms with Gasteiger partial charge < -0.3 is 10.6 Å². The minimum atomic E-state index is -0.459. The monoisotopic (exact) mass is 331 g/mol. The molecule has 1 atom stereocenters. The van der Waals surface area contributed by atoms with Crippen LogP contribution in [-0.2, 0) is 4.79 Å². The molecule has 6 nitrogen and oxygen atoms in total. The number of nitrogens with one attached hydrogen (secondary N) is 2. The molecule has 2 N–H and O–H groups in total. The normalized spacial score (nSPS) is 11.4. The summed E-state index contributed by atoms with van der Waals surface area (Å²) in [5, 5.41) is 19.1. The molecule has 0 bridgehead atoms. The van der Waals surface area contributed by atoms with Crippen molar-refractivity contribution in [3.05, 3.63) is 72.6 Å². The Kier molecular flexibility index (Phi) is 4.77. The average molecular weight is 331 g/mol. The molecule has 0 fully saturated rings. The molecule has 0 spiro atoms. The standard InChI is InChI=1S/C19H17N5O/c1-14(19(25)23-16-7-5-6-15(10-16)11-20)22-17-12-21-24(13-17)18-8-3-2-4-9-18/h2-10,12-14,22H,1H3,(H,23,25)/t14-/m0/s1. The molecule has 0 aliphatic carbocycles. The maximum Gasteiger partial charge on any atom is 0.246 e. The van der Waals surface area contributed by atoms with Gasteiger partial charge in [0, 0.05) is 5.69 Å². The minimum absolute atomic E-state index is 0.192. The molecule has 25 heavy (non-hydrogen) atoms. The number of anilines is 2. The average Bonchev–Trinajstić information content (AvgIpc) is 3.11. The first kappa shape index (κ1) is 16.3. The van der Waals surface area contributed by atoms with Crippen LogP contribution >= 0.6 is 0 Å². The number of nitriles is 1. The van der Waals surface area contributed by atoms with Gasteiger partial charge in [0.25, 0.3) is 0 Å². The topological polar surface area (TPSA) is 82.7 Å². The predicted molar refractivity (Wildman–Crippen MR) is 96.4 cm³/mol. The Labute approximate surface area is 145 Å². The molecule has 3 aromatic rings. The number of amides is 1. The van der Waals surface area contributed by atoms with Crippen LogP contribution in [0.25, 0.3) is 5.69 Å². The van der Waals surface area contributed by atoms with Crippen LogP contribution in [0.1, 0.15) is 12.5 Å². The fourth-order valence-electron chi connectivity index (χ4n) is 2.35. The number of hydrogen-bond acceptors (Lipinski definition) is 4. The first-order chi connectivity index (χ1) is 12.2. The van der Waals surface area contributed by atoms with Gasteiger partial charge in [-0.3, -0.25) is 4.79 Å². The summed E-state index contributed by atoms with van der Waals surface area (Å²) in [6.07, 6.45) is 3.50. The third-order valence-electron chi connectivity index (χ3n) is 3.64. The lowest BCUT2D eigenvalue weighted by Gasteiger charge is -2.14. The zero-order valence-electron chi connectivity index (χ0n) is 13.7. The van der Waals surface area contributed by atoms with Crippen molar-refractivity contribution < 1.29 is 4.79 Å². The number of carbonyl (C=O) groups is 1. The molecule has 0 saturated carbocycles. The van der Waals surface area contributed by atoms with Crippen molar-refractivity contribution >= 4 is 17.3 Å². The van der Waals surface area contributed by atoms with Crippen molar-refractivity contribution in [3.8, 4) is 11.8 Å². The molecule has 1 aromatic heterocycles. The highest BCUT2D eigenvalue weighted by atomic mass is 16.2. The summed E-state index contributed by atoms with van der Waals surface area (Å²) in [6, 6.07) is 18.1.